The number of halogens is 3. The first kappa shape index (κ1) is 22.2. The van der Waals surface area contributed by atoms with Crippen molar-refractivity contribution in [3.8, 4) is 0 Å². The fraction of sp³-hybridized carbons (Fsp3) is 0.417. The minimum Gasteiger partial charge on any atom is -0.366 e. The normalized spacial score (nSPS) is 18.5. The number of benzene rings is 2. The highest BCUT2D eigenvalue weighted by Crippen LogP contribution is 2.37. The number of alkyl halides is 3. The van der Waals surface area contributed by atoms with E-state index in [0.717, 1.165) is 23.4 Å². The predicted octanol–water partition coefficient (Wildman–Crippen LogP) is 4.04. The fourth-order valence-electron chi connectivity index (χ4n) is 4.55. The standard InChI is InChI=1S/C24H27F3N4O/c1-17(2)30-14-21(32)31(13-12-18-8-10-19(11-9-18)24(25,26)27)23(22(30)28)15-29(16-23)20-6-4-3-5-7-20/h3-11,17,28H,12-16H2,1-2H3. The SMILES string of the molecule is CC(C)N1CC(=O)N(CCc2ccc(C(F)(F)F)cc2)C2(CN(c3ccccc3)C2)C1=N. The lowest BCUT2D eigenvalue weighted by molar-refractivity contribution is -0.140. The Balaban J connectivity index is 1.54. The molecule has 1 N–H and O–H groups in total. The molecule has 2 aromatic carbocycles. The van der Waals surface area contributed by atoms with Gasteiger partial charge in [-0.25, -0.2) is 0 Å². The number of carbonyl (C=O) groups excluding carboxylic acids is 1. The third-order valence-corrected chi connectivity index (χ3v) is 6.41. The molecule has 2 saturated heterocycles. The Morgan fingerprint density at radius 1 is 1.03 bits per heavy atom. The van der Waals surface area contributed by atoms with E-state index < -0.39 is 17.3 Å². The fourth-order valence-corrected chi connectivity index (χ4v) is 4.55. The van der Waals surface area contributed by atoms with E-state index in [0.29, 0.717) is 31.9 Å². The molecule has 8 heteroatoms. The first-order chi connectivity index (χ1) is 15.1. The molecule has 0 unspecified atom stereocenters. The number of anilines is 1. The van der Waals surface area contributed by atoms with Crippen molar-refractivity contribution >= 4 is 17.4 Å². The van der Waals surface area contributed by atoms with Gasteiger partial charge in [0.15, 0.2) is 0 Å². The number of nitrogens with one attached hydrogen (secondary N) is 1. The van der Waals surface area contributed by atoms with Gasteiger partial charge in [0, 0.05) is 18.3 Å². The van der Waals surface area contributed by atoms with Crippen molar-refractivity contribution in [3.05, 3.63) is 65.7 Å². The molecule has 32 heavy (non-hydrogen) atoms. The summed E-state index contributed by atoms with van der Waals surface area (Å²) in [6.45, 7) is 5.51. The highest BCUT2D eigenvalue weighted by Gasteiger charge is 2.57. The van der Waals surface area contributed by atoms with E-state index in [-0.39, 0.29) is 18.5 Å². The molecule has 0 radical (unpaired) electrons. The number of hydrogen-bond acceptors (Lipinski definition) is 3. The number of para-hydroxylation sites is 1. The average molecular weight is 445 g/mol. The summed E-state index contributed by atoms with van der Waals surface area (Å²) < 4.78 is 38.5. The predicted molar refractivity (Wildman–Crippen MR) is 118 cm³/mol. The van der Waals surface area contributed by atoms with Gasteiger partial charge in [-0.2, -0.15) is 13.2 Å². The Bertz CT molecular complexity index is 983. The van der Waals surface area contributed by atoms with Crippen molar-refractivity contribution in [2.24, 2.45) is 0 Å². The molecule has 4 rings (SSSR count). The van der Waals surface area contributed by atoms with Crippen molar-refractivity contribution in [1.82, 2.24) is 9.80 Å². The third kappa shape index (κ3) is 3.94. The molecule has 2 heterocycles. The van der Waals surface area contributed by atoms with Crippen molar-refractivity contribution < 1.29 is 18.0 Å². The number of piperazine rings is 1. The van der Waals surface area contributed by atoms with Crippen LogP contribution in [0.1, 0.15) is 25.0 Å². The van der Waals surface area contributed by atoms with Gasteiger partial charge in [0.05, 0.1) is 25.2 Å². The van der Waals surface area contributed by atoms with Crippen LogP contribution in [-0.4, -0.2) is 59.3 Å². The lowest BCUT2D eigenvalue weighted by Crippen LogP contribution is -2.81. The first-order valence-corrected chi connectivity index (χ1v) is 10.7. The summed E-state index contributed by atoms with van der Waals surface area (Å²) in [5.41, 5.74) is 0.376. The third-order valence-electron chi connectivity index (χ3n) is 6.41. The second-order valence-corrected chi connectivity index (χ2v) is 8.78. The molecule has 0 saturated carbocycles. The molecule has 5 nitrogen and oxygen atoms in total. The van der Waals surface area contributed by atoms with Crippen LogP contribution < -0.4 is 4.90 Å². The number of amides is 1. The van der Waals surface area contributed by atoms with Crippen LogP contribution in [0.3, 0.4) is 0 Å². The van der Waals surface area contributed by atoms with Gasteiger partial charge in [-0.1, -0.05) is 30.3 Å². The number of hydrogen-bond donors (Lipinski definition) is 1. The lowest BCUT2D eigenvalue weighted by Gasteiger charge is -2.61. The molecule has 2 fully saturated rings. The van der Waals surface area contributed by atoms with E-state index >= 15 is 0 Å². The van der Waals surface area contributed by atoms with Crippen LogP contribution in [0.25, 0.3) is 0 Å². The van der Waals surface area contributed by atoms with E-state index in [1.54, 1.807) is 4.90 Å². The molecule has 170 valence electrons. The number of amidine groups is 1. The van der Waals surface area contributed by atoms with Crippen molar-refractivity contribution in [2.75, 3.05) is 31.1 Å². The Hall–Kier alpha value is -3.03. The molecule has 0 aliphatic carbocycles. The summed E-state index contributed by atoms with van der Waals surface area (Å²) in [5.74, 6) is 0.390. The van der Waals surface area contributed by atoms with Crippen LogP contribution in [0.2, 0.25) is 0 Å². The Morgan fingerprint density at radius 2 is 1.66 bits per heavy atom. The number of rotatable bonds is 5. The van der Waals surface area contributed by atoms with Crippen LogP contribution in [0.5, 0.6) is 0 Å². The van der Waals surface area contributed by atoms with E-state index in [1.807, 2.05) is 49.1 Å². The highest BCUT2D eigenvalue weighted by atomic mass is 19.4. The molecule has 0 bridgehead atoms. The van der Waals surface area contributed by atoms with Crippen LogP contribution in [0.4, 0.5) is 18.9 Å². The van der Waals surface area contributed by atoms with Gasteiger partial charge in [0.1, 0.15) is 11.4 Å². The zero-order valence-electron chi connectivity index (χ0n) is 18.2. The molecule has 2 aromatic rings. The summed E-state index contributed by atoms with van der Waals surface area (Å²) in [6, 6.07) is 15.0. The second kappa shape index (κ2) is 8.15. The van der Waals surface area contributed by atoms with Gasteiger partial charge in [0.2, 0.25) is 5.91 Å². The molecule has 2 aliphatic rings. The molecular weight excluding hydrogens is 417 g/mol. The highest BCUT2D eigenvalue weighted by molar-refractivity contribution is 6.02. The molecule has 0 aromatic heterocycles. The lowest BCUT2D eigenvalue weighted by atomic mass is 9.82. The van der Waals surface area contributed by atoms with Crippen molar-refractivity contribution in [3.63, 3.8) is 0 Å². The monoisotopic (exact) mass is 444 g/mol. The van der Waals surface area contributed by atoms with Crippen molar-refractivity contribution in [1.29, 1.82) is 5.41 Å². The summed E-state index contributed by atoms with van der Waals surface area (Å²) >= 11 is 0. The summed E-state index contributed by atoms with van der Waals surface area (Å²) in [6.07, 6.45) is -3.93. The van der Waals surface area contributed by atoms with Crippen LogP contribution in [-0.2, 0) is 17.4 Å². The summed E-state index contributed by atoms with van der Waals surface area (Å²) in [7, 11) is 0. The Labute approximate surface area is 185 Å². The Morgan fingerprint density at radius 3 is 2.22 bits per heavy atom. The van der Waals surface area contributed by atoms with Crippen molar-refractivity contribution in [2.45, 2.75) is 38.0 Å². The van der Waals surface area contributed by atoms with Crippen LogP contribution >= 0.6 is 0 Å². The average Bonchev–Trinajstić information content (AvgIpc) is 2.72. The van der Waals surface area contributed by atoms with Crippen LogP contribution in [0.15, 0.2) is 54.6 Å². The maximum Gasteiger partial charge on any atom is 0.416 e. The number of carbonyl (C=O) groups is 1. The smallest absolute Gasteiger partial charge is 0.366 e. The minimum absolute atomic E-state index is 0.0335. The topological polar surface area (TPSA) is 50.6 Å². The van der Waals surface area contributed by atoms with Crippen LogP contribution in [0, 0.1) is 5.41 Å². The quantitative estimate of drug-likeness (QED) is 0.758. The van der Waals surface area contributed by atoms with Gasteiger partial charge in [-0.3, -0.25) is 10.2 Å². The van der Waals surface area contributed by atoms with E-state index in [4.69, 9.17) is 5.41 Å². The zero-order chi connectivity index (χ0) is 23.1. The van der Waals surface area contributed by atoms with Gasteiger partial charge in [0.25, 0.3) is 0 Å². The van der Waals surface area contributed by atoms with Gasteiger partial charge in [-0.05, 0) is 50.1 Å². The second-order valence-electron chi connectivity index (χ2n) is 8.78. The minimum atomic E-state index is -4.37. The molecule has 1 amide bonds. The van der Waals surface area contributed by atoms with E-state index in [9.17, 15) is 18.0 Å². The summed E-state index contributed by atoms with van der Waals surface area (Å²) in [4.78, 5) is 18.9. The molecule has 0 atom stereocenters. The van der Waals surface area contributed by atoms with E-state index in [2.05, 4.69) is 4.90 Å². The van der Waals surface area contributed by atoms with Gasteiger partial charge in [-0.15, -0.1) is 0 Å². The zero-order valence-corrected chi connectivity index (χ0v) is 18.2. The maximum absolute atomic E-state index is 13.1. The van der Waals surface area contributed by atoms with Gasteiger partial charge >= 0.3 is 6.18 Å². The Kier molecular flexibility index (Phi) is 5.65. The summed E-state index contributed by atoms with van der Waals surface area (Å²) in [5, 5.41) is 8.91. The largest absolute Gasteiger partial charge is 0.416 e. The van der Waals surface area contributed by atoms with Gasteiger partial charge < -0.3 is 14.7 Å². The van der Waals surface area contributed by atoms with E-state index in [1.165, 1.54) is 12.1 Å². The maximum atomic E-state index is 13.1. The molecule has 2 aliphatic heterocycles. The molecular formula is C24H27F3N4O. The number of nitrogens with zero attached hydrogens (tertiary/aromatic N) is 3. The first-order valence-electron chi connectivity index (χ1n) is 10.7. The molecule has 1 spiro atoms.